The van der Waals surface area contributed by atoms with Gasteiger partial charge in [0.25, 0.3) is 5.91 Å². The first-order valence-corrected chi connectivity index (χ1v) is 6.54. The van der Waals surface area contributed by atoms with Crippen molar-refractivity contribution in [3.63, 3.8) is 0 Å². The molecule has 3 rings (SSSR count). The highest BCUT2D eigenvalue weighted by molar-refractivity contribution is 5.93. The van der Waals surface area contributed by atoms with E-state index in [0.29, 0.717) is 11.5 Å². The lowest BCUT2D eigenvalue weighted by Gasteiger charge is -2.31. The molecule has 0 spiro atoms. The molecule has 1 aliphatic heterocycles. The van der Waals surface area contributed by atoms with E-state index in [2.05, 4.69) is 9.55 Å². The molecule has 1 aliphatic rings. The molecular weight excluding hydrogens is 242 g/mol. The number of aryl methyl sites for hydroxylation is 1. The maximum atomic E-state index is 12.2. The van der Waals surface area contributed by atoms with Crippen molar-refractivity contribution in [2.75, 3.05) is 13.1 Å². The van der Waals surface area contributed by atoms with Gasteiger partial charge in [-0.25, -0.2) is 4.98 Å². The summed E-state index contributed by atoms with van der Waals surface area (Å²) >= 11 is 0. The molecule has 0 aromatic carbocycles. The third kappa shape index (κ3) is 2.28. The molecule has 100 valence electrons. The second-order valence-corrected chi connectivity index (χ2v) is 4.97. The Balaban J connectivity index is 1.64. The first-order chi connectivity index (χ1) is 9.25. The summed E-state index contributed by atoms with van der Waals surface area (Å²) in [5.74, 6) is 1.64. The summed E-state index contributed by atoms with van der Waals surface area (Å²) in [6.45, 7) is 1.56. The van der Waals surface area contributed by atoms with Crippen LogP contribution in [0.15, 0.2) is 35.4 Å². The minimum Gasteiger partial charge on any atom is -0.472 e. The smallest absolute Gasteiger partial charge is 0.257 e. The fourth-order valence-corrected chi connectivity index (χ4v) is 2.68. The van der Waals surface area contributed by atoms with Gasteiger partial charge in [0.2, 0.25) is 0 Å². The Morgan fingerprint density at radius 1 is 1.42 bits per heavy atom. The molecule has 3 heterocycles. The molecule has 0 bridgehead atoms. The molecule has 5 heteroatoms. The van der Waals surface area contributed by atoms with E-state index in [1.165, 1.54) is 12.5 Å². The van der Waals surface area contributed by atoms with Crippen LogP contribution in [0.4, 0.5) is 0 Å². The van der Waals surface area contributed by atoms with E-state index < -0.39 is 0 Å². The highest BCUT2D eigenvalue weighted by Crippen LogP contribution is 2.27. The molecule has 1 amide bonds. The fraction of sp³-hybridized carbons (Fsp3) is 0.429. The first-order valence-electron chi connectivity index (χ1n) is 6.54. The molecule has 2 aromatic heterocycles. The van der Waals surface area contributed by atoms with E-state index in [-0.39, 0.29) is 5.91 Å². The standard InChI is InChI=1S/C14H17N3O2/c1-16-8-5-15-13(16)11-2-6-17(7-3-11)14(18)12-4-9-19-10-12/h4-5,8-11H,2-3,6-7H2,1H3. The van der Waals surface area contributed by atoms with Crippen LogP contribution in [-0.4, -0.2) is 33.4 Å². The Labute approximate surface area is 111 Å². The van der Waals surface area contributed by atoms with Gasteiger partial charge >= 0.3 is 0 Å². The van der Waals surface area contributed by atoms with Gasteiger partial charge in [0.1, 0.15) is 12.1 Å². The topological polar surface area (TPSA) is 51.3 Å². The zero-order valence-corrected chi connectivity index (χ0v) is 11.0. The monoisotopic (exact) mass is 259 g/mol. The summed E-state index contributed by atoms with van der Waals surface area (Å²) in [6, 6.07) is 1.72. The maximum Gasteiger partial charge on any atom is 0.257 e. The lowest BCUT2D eigenvalue weighted by atomic mass is 9.95. The van der Waals surface area contributed by atoms with Crippen molar-refractivity contribution in [1.29, 1.82) is 0 Å². The fourth-order valence-electron chi connectivity index (χ4n) is 2.68. The zero-order valence-electron chi connectivity index (χ0n) is 11.0. The average Bonchev–Trinajstić information content (AvgIpc) is 3.09. The lowest BCUT2D eigenvalue weighted by molar-refractivity contribution is 0.0710. The normalized spacial score (nSPS) is 16.8. The predicted octanol–water partition coefficient (Wildman–Crippen LogP) is 2.03. The van der Waals surface area contributed by atoms with Gasteiger partial charge in [0, 0.05) is 38.4 Å². The molecule has 5 nitrogen and oxygen atoms in total. The quantitative estimate of drug-likeness (QED) is 0.829. The van der Waals surface area contributed by atoms with Gasteiger partial charge in [0.15, 0.2) is 0 Å². The van der Waals surface area contributed by atoms with E-state index in [1.54, 1.807) is 6.07 Å². The number of aromatic nitrogens is 2. The van der Waals surface area contributed by atoms with E-state index in [0.717, 1.165) is 31.8 Å². The Kier molecular flexibility index (Phi) is 3.11. The van der Waals surface area contributed by atoms with Crippen LogP contribution in [0.3, 0.4) is 0 Å². The molecule has 19 heavy (non-hydrogen) atoms. The van der Waals surface area contributed by atoms with Crippen LogP contribution in [-0.2, 0) is 7.05 Å². The van der Waals surface area contributed by atoms with Crippen molar-refractivity contribution in [3.8, 4) is 0 Å². The van der Waals surface area contributed by atoms with Gasteiger partial charge in [-0.05, 0) is 18.9 Å². The molecule has 0 unspecified atom stereocenters. The Hall–Kier alpha value is -2.04. The summed E-state index contributed by atoms with van der Waals surface area (Å²) in [5.41, 5.74) is 0.635. The van der Waals surface area contributed by atoms with Crippen LogP contribution in [0.2, 0.25) is 0 Å². The molecular formula is C14H17N3O2. The highest BCUT2D eigenvalue weighted by atomic mass is 16.3. The predicted molar refractivity (Wildman–Crippen MR) is 69.8 cm³/mol. The molecule has 1 saturated heterocycles. The number of hydrogen-bond donors (Lipinski definition) is 0. The number of rotatable bonds is 2. The molecule has 0 saturated carbocycles. The van der Waals surface area contributed by atoms with Gasteiger partial charge in [-0.2, -0.15) is 0 Å². The minimum atomic E-state index is 0.0621. The number of likely N-dealkylation sites (tertiary alicyclic amines) is 1. The van der Waals surface area contributed by atoms with Crippen LogP contribution in [0.1, 0.15) is 34.9 Å². The Bertz CT molecular complexity index is 551. The van der Waals surface area contributed by atoms with Crippen LogP contribution in [0, 0.1) is 0 Å². The summed E-state index contributed by atoms with van der Waals surface area (Å²) in [7, 11) is 2.02. The van der Waals surface area contributed by atoms with Crippen molar-refractivity contribution in [2.45, 2.75) is 18.8 Å². The van der Waals surface area contributed by atoms with E-state index >= 15 is 0 Å². The Morgan fingerprint density at radius 3 is 2.79 bits per heavy atom. The third-order valence-electron chi connectivity index (χ3n) is 3.77. The third-order valence-corrected chi connectivity index (χ3v) is 3.77. The number of furan rings is 1. The number of piperidine rings is 1. The summed E-state index contributed by atoms with van der Waals surface area (Å²) in [4.78, 5) is 18.5. The van der Waals surface area contributed by atoms with Crippen molar-refractivity contribution in [1.82, 2.24) is 14.5 Å². The first kappa shape index (κ1) is 12.0. The van der Waals surface area contributed by atoms with Crippen molar-refractivity contribution < 1.29 is 9.21 Å². The largest absolute Gasteiger partial charge is 0.472 e. The molecule has 0 atom stereocenters. The summed E-state index contributed by atoms with van der Waals surface area (Å²) < 4.78 is 7.03. The van der Waals surface area contributed by atoms with E-state index in [4.69, 9.17) is 4.42 Å². The second-order valence-electron chi connectivity index (χ2n) is 4.97. The Morgan fingerprint density at radius 2 is 2.21 bits per heavy atom. The van der Waals surface area contributed by atoms with E-state index in [9.17, 15) is 4.79 Å². The van der Waals surface area contributed by atoms with E-state index in [1.807, 2.05) is 24.3 Å². The van der Waals surface area contributed by atoms with Crippen molar-refractivity contribution in [2.24, 2.45) is 7.05 Å². The van der Waals surface area contributed by atoms with Gasteiger partial charge in [-0.15, -0.1) is 0 Å². The molecule has 2 aromatic rings. The SMILES string of the molecule is Cn1ccnc1C1CCN(C(=O)c2ccoc2)CC1. The van der Waals surface area contributed by atoms with Crippen LogP contribution < -0.4 is 0 Å². The van der Waals surface area contributed by atoms with Gasteiger partial charge in [-0.3, -0.25) is 4.79 Å². The number of carbonyl (C=O) groups is 1. The number of amides is 1. The molecule has 0 N–H and O–H groups in total. The van der Waals surface area contributed by atoms with Crippen molar-refractivity contribution >= 4 is 5.91 Å². The van der Waals surface area contributed by atoms with Crippen molar-refractivity contribution in [3.05, 3.63) is 42.4 Å². The van der Waals surface area contributed by atoms with Gasteiger partial charge < -0.3 is 13.9 Å². The summed E-state index contributed by atoms with van der Waals surface area (Å²) in [6.07, 6.45) is 8.78. The van der Waals surface area contributed by atoms with Crippen LogP contribution >= 0.6 is 0 Å². The molecule has 1 fully saturated rings. The average molecular weight is 259 g/mol. The minimum absolute atomic E-state index is 0.0621. The maximum absolute atomic E-state index is 12.2. The number of hydrogen-bond acceptors (Lipinski definition) is 3. The van der Waals surface area contributed by atoms with Crippen LogP contribution in [0.5, 0.6) is 0 Å². The highest BCUT2D eigenvalue weighted by Gasteiger charge is 2.26. The number of carbonyl (C=O) groups excluding carboxylic acids is 1. The second kappa shape index (κ2) is 4.91. The number of nitrogens with zero attached hydrogens (tertiary/aromatic N) is 3. The lowest BCUT2D eigenvalue weighted by Crippen LogP contribution is -2.38. The number of imidazole rings is 1. The zero-order chi connectivity index (χ0) is 13.2. The van der Waals surface area contributed by atoms with Gasteiger partial charge in [-0.1, -0.05) is 0 Å². The molecule has 0 radical (unpaired) electrons. The van der Waals surface area contributed by atoms with Crippen LogP contribution in [0.25, 0.3) is 0 Å². The summed E-state index contributed by atoms with van der Waals surface area (Å²) in [5, 5.41) is 0. The molecule has 0 aliphatic carbocycles. The van der Waals surface area contributed by atoms with Gasteiger partial charge in [0.05, 0.1) is 11.8 Å².